The van der Waals surface area contributed by atoms with Gasteiger partial charge in [0.25, 0.3) is 0 Å². The van der Waals surface area contributed by atoms with Gasteiger partial charge in [-0.3, -0.25) is 9.59 Å². The molecule has 1 saturated heterocycles. The Bertz CT molecular complexity index is 275. The maximum Gasteiger partial charge on any atom is 0.306 e. The van der Waals surface area contributed by atoms with E-state index in [4.69, 9.17) is 4.74 Å². The molecule has 0 bridgehead atoms. The maximum absolute atomic E-state index is 11.9. The second-order valence-corrected chi connectivity index (χ2v) is 4.88. The van der Waals surface area contributed by atoms with Gasteiger partial charge in [-0.1, -0.05) is 6.92 Å². The Morgan fingerprint density at radius 3 is 2.67 bits per heavy atom. The highest BCUT2D eigenvalue weighted by molar-refractivity contribution is 5.78. The fraction of sp³-hybridized carbons (Fsp3) is 0.846. The van der Waals surface area contributed by atoms with E-state index in [0.717, 1.165) is 25.9 Å². The number of esters is 1. The van der Waals surface area contributed by atoms with Crippen molar-refractivity contribution in [3.8, 4) is 0 Å². The van der Waals surface area contributed by atoms with Crippen LogP contribution < -0.4 is 10.6 Å². The van der Waals surface area contributed by atoms with E-state index in [0.29, 0.717) is 19.6 Å². The molecule has 1 atom stereocenters. The van der Waals surface area contributed by atoms with Crippen molar-refractivity contribution in [3.05, 3.63) is 0 Å². The molecule has 2 N–H and O–H groups in total. The van der Waals surface area contributed by atoms with E-state index in [1.54, 1.807) is 6.92 Å². The average Bonchev–Trinajstić information content (AvgIpc) is 2.37. The number of hydrogen-bond acceptors (Lipinski definition) is 4. The molecule has 1 aliphatic rings. The van der Waals surface area contributed by atoms with Crippen molar-refractivity contribution in [3.63, 3.8) is 0 Å². The molecular weight excluding hydrogens is 232 g/mol. The second kappa shape index (κ2) is 8.08. The first-order valence-electron chi connectivity index (χ1n) is 6.77. The zero-order valence-electron chi connectivity index (χ0n) is 11.3. The minimum absolute atomic E-state index is 0.118. The largest absolute Gasteiger partial charge is 0.466 e. The van der Waals surface area contributed by atoms with Crippen molar-refractivity contribution < 1.29 is 14.3 Å². The summed E-state index contributed by atoms with van der Waals surface area (Å²) in [6.07, 6.45) is 2.16. The number of hydrogen-bond donors (Lipinski definition) is 2. The van der Waals surface area contributed by atoms with Crippen LogP contribution in [0.4, 0.5) is 0 Å². The summed E-state index contributed by atoms with van der Waals surface area (Å²) in [6, 6.07) is 0. The molecule has 104 valence electrons. The highest BCUT2D eigenvalue weighted by atomic mass is 16.5. The van der Waals surface area contributed by atoms with E-state index in [1.165, 1.54) is 0 Å². The van der Waals surface area contributed by atoms with Crippen LogP contribution in [0.3, 0.4) is 0 Å². The van der Waals surface area contributed by atoms with E-state index in [2.05, 4.69) is 10.6 Å². The normalized spacial score (nSPS) is 18.1. The summed E-state index contributed by atoms with van der Waals surface area (Å²) in [4.78, 5) is 23.1. The molecule has 18 heavy (non-hydrogen) atoms. The van der Waals surface area contributed by atoms with Gasteiger partial charge in [0.15, 0.2) is 0 Å². The second-order valence-electron chi connectivity index (χ2n) is 4.88. The molecule has 1 aliphatic heterocycles. The lowest BCUT2D eigenvalue weighted by Crippen LogP contribution is -2.39. The lowest BCUT2D eigenvalue weighted by atomic mass is 9.97. The van der Waals surface area contributed by atoms with Gasteiger partial charge >= 0.3 is 5.97 Å². The van der Waals surface area contributed by atoms with Gasteiger partial charge in [0, 0.05) is 18.9 Å². The summed E-state index contributed by atoms with van der Waals surface area (Å²) in [5, 5.41) is 6.16. The third-order valence-electron chi connectivity index (χ3n) is 3.16. The van der Waals surface area contributed by atoms with Crippen molar-refractivity contribution in [1.82, 2.24) is 10.6 Å². The lowest BCUT2D eigenvalue weighted by Gasteiger charge is -2.22. The molecule has 5 nitrogen and oxygen atoms in total. The van der Waals surface area contributed by atoms with Gasteiger partial charge in [0.1, 0.15) is 0 Å². The molecule has 0 aliphatic carbocycles. The van der Waals surface area contributed by atoms with Gasteiger partial charge in [0.2, 0.25) is 5.91 Å². The quantitative estimate of drug-likeness (QED) is 0.686. The number of carbonyl (C=O) groups excluding carboxylic acids is 2. The van der Waals surface area contributed by atoms with Crippen molar-refractivity contribution in [1.29, 1.82) is 0 Å². The predicted molar refractivity (Wildman–Crippen MR) is 69.0 cm³/mol. The molecule has 0 aromatic rings. The summed E-state index contributed by atoms with van der Waals surface area (Å²) in [5.74, 6) is 0.170. The van der Waals surface area contributed by atoms with Crippen LogP contribution in [0.1, 0.15) is 33.1 Å². The van der Waals surface area contributed by atoms with E-state index in [-0.39, 0.29) is 23.7 Å². The first-order valence-corrected chi connectivity index (χ1v) is 6.77. The smallest absolute Gasteiger partial charge is 0.306 e. The Morgan fingerprint density at radius 1 is 1.39 bits per heavy atom. The molecule has 0 radical (unpaired) electrons. The highest BCUT2D eigenvalue weighted by Crippen LogP contribution is 2.11. The zero-order chi connectivity index (χ0) is 13.4. The number of carbonyl (C=O) groups is 2. The fourth-order valence-corrected chi connectivity index (χ4v) is 2.08. The standard InChI is InChI=1S/C13H24N2O3/c1-3-18-12(16)8-10(2)9-15-13(17)11-4-6-14-7-5-11/h10-11,14H,3-9H2,1-2H3,(H,15,17). The first kappa shape index (κ1) is 15.0. The number of ether oxygens (including phenoxy) is 1. The van der Waals surface area contributed by atoms with Gasteiger partial charge in [-0.15, -0.1) is 0 Å². The van der Waals surface area contributed by atoms with Gasteiger partial charge in [0.05, 0.1) is 6.61 Å². The summed E-state index contributed by atoms with van der Waals surface area (Å²) in [7, 11) is 0. The highest BCUT2D eigenvalue weighted by Gasteiger charge is 2.21. The monoisotopic (exact) mass is 256 g/mol. The van der Waals surface area contributed by atoms with Crippen molar-refractivity contribution in [2.24, 2.45) is 11.8 Å². The molecule has 0 aromatic heterocycles. The summed E-state index contributed by atoms with van der Waals surface area (Å²) >= 11 is 0. The lowest BCUT2D eigenvalue weighted by molar-refractivity contribution is -0.144. The zero-order valence-corrected chi connectivity index (χ0v) is 11.3. The number of nitrogens with one attached hydrogen (secondary N) is 2. The van der Waals surface area contributed by atoms with Gasteiger partial charge in [-0.25, -0.2) is 0 Å². The third kappa shape index (κ3) is 5.49. The fourth-order valence-electron chi connectivity index (χ4n) is 2.08. The van der Waals surface area contributed by atoms with Crippen LogP contribution in [0.2, 0.25) is 0 Å². The molecule has 5 heteroatoms. The van der Waals surface area contributed by atoms with Crippen LogP contribution >= 0.6 is 0 Å². The van der Waals surface area contributed by atoms with Gasteiger partial charge in [-0.2, -0.15) is 0 Å². The molecule has 0 saturated carbocycles. The first-order chi connectivity index (χ1) is 8.63. The Morgan fingerprint density at radius 2 is 2.06 bits per heavy atom. The molecule has 1 heterocycles. The Balaban J connectivity index is 2.18. The Hall–Kier alpha value is -1.10. The van der Waals surface area contributed by atoms with Gasteiger partial charge in [-0.05, 0) is 38.8 Å². The van der Waals surface area contributed by atoms with Crippen LogP contribution in [0.15, 0.2) is 0 Å². The van der Waals surface area contributed by atoms with Gasteiger partial charge < -0.3 is 15.4 Å². The molecular formula is C13H24N2O3. The predicted octanol–water partition coefficient (Wildman–Crippen LogP) is 0.691. The van der Waals surface area contributed by atoms with Crippen molar-refractivity contribution in [2.75, 3.05) is 26.2 Å². The Kier molecular flexibility index (Phi) is 6.72. The van der Waals surface area contributed by atoms with Crippen LogP contribution in [0.25, 0.3) is 0 Å². The van der Waals surface area contributed by atoms with Crippen LogP contribution in [-0.2, 0) is 14.3 Å². The van der Waals surface area contributed by atoms with E-state index < -0.39 is 0 Å². The van der Waals surface area contributed by atoms with E-state index >= 15 is 0 Å². The molecule has 0 aromatic carbocycles. The Labute approximate surface area is 109 Å². The summed E-state index contributed by atoms with van der Waals surface area (Å²) < 4.78 is 4.88. The average molecular weight is 256 g/mol. The van der Waals surface area contributed by atoms with Crippen molar-refractivity contribution in [2.45, 2.75) is 33.1 Å². The maximum atomic E-state index is 11.9. The third-order valence-corrected chi connectivity index (χ3v) is 3.16. The minimum Gasteiger partial charge on any atom is -0.466 e. The van der Waals surface area contributed by atoms with Crippen molar-refractivity contribution >= 4 is 11.9 Å². The molecule has 1 amide bonds. The molecule has 1 rings (SSSR count). The molecule has 1 unspecified atom stereocenters. The topological polar surface area (TPSA) is 67.4 Å². The SMILES string of the molecule is CCOC(=O)CC(C)CNC(=O)C1CCNCC1. The molecule has 0 spiro atoms. The summed E-state index contributed by atoms with van der Waals surface area (Å²) in [5.41, 5.74) is 0. The van der Waals surface area contributed by atoms with Crippen LogP contribution in [0.5, 0.6) is 0 Å². The van der Waals surface area contributed by atoms with Crippen LogP contribution in [-0.4, -0.2) is 38.1 Å². The molecule has 1 fully saturated rings. The minimum atomic E-state index is -0.193. The number of piperidine rings is 1. The number of amides is 1. The van der Waals surface area contributed by atoms with E-state index in [9.17, 15) is 9.59 Å². The van der Waals surface area contributed by atoms with Crippen LogP contribution in [0, 0.1) is 11.8 Å². The summed E-state index contributed by atoms with van der Waals surface area (Å²) in [6.45, 7) is 6.52. The number of rotatable bonds is 6. The van der Waals surface area contributed by atoms with E-state index in [1.807, 2.05) is 6.92 Å².